The molecule has 1 N–H and O–H groups in total. The molecule has 0 rings (SSSR count). The Balaban J connectivity index is 4.21. The van der Waals surface area contributed by atoms with E-state index in [4.69, 9.17) is 10.4 Å². The molecule has 0 amide bonds. The molecule has 14 heavy (non-hydrogen) atoms. The zero-order chi connectivity index (χ0) is 11.0. The summed E-state index contributed by atoms with van der Waals surface area (Å²) in [5, 5.41) is 17.5. The van der Waals surface area contributed by atoms with Crippen molar-refractivity contribution in [3.63, 3.8) is 0 Å². The fourth-order valence-electron chi connectivity index (χ4n) is 1.72. The van der Waals surface area contributed by atoms with Crippen LogP contribution in [0.15, 0.2) is 0 Å². The molecule has 1 atom stereocenters. The molecule has 3 heteroatoms. The van der Waals surface area contributed by atoms with Crippen LogP contribution in [0.25, 0.3) is 0 Å². The second kappa shape index (κ2) is 7.78. The van der Waals surface area contributed by atoms with E-state index in [1.807, 2.05) is 0 Å². The lowest BCUT2D eigenvalue weighted by Crippen LogP contribution is -2.40. The van der Waals surface area contributed by atoms with E-state index >= 15 is 0 Å². The van der Waals surface area contributed by atoms with Gasteiger partial charge in [0, 0.05) is 25.2 Å². The largest absolute Gasteiger partial charge is 0.396 e. The molecule has 0 aliphatic heterocycles. The van der Waals surface area contributed by atoms with Crippen molar-refractivity contribution in [2.45, 2.75) is 52.1 Å². The molecule has 0 aliphatic rings. The van der Waals surface area contributed by atoms with Crippen LogP contribution >= 0.6 is 0 Å². The Hall–Kier alpha value is -0.590. The third-order valence-corrected chi connectivity index (χ3v) is 2.50. The minimum atomic E-state index is 0.228. The highest BCUT2D eigenvalue weighted by molar-refractivity contribution is 4.83. The van der Waals surface area contributed by atoms with Crippen molar-refractivity contribution < 1.29 is 5.11 Å². The molecule has 0 spiro atoms. The van der Waals surface area contributed by atoms with Crippen molar-refractivity contribution in [2.24, 2.45) is 0 Å². The first kappa shape index (κ1) is 13.4. The molecule has 0 aromatic rings. The molecule has 82 valence electrons. The topological polar surface area (TPSA) is 47.3 Å². The van der Waals surface area contributed by atoms with Crippen LogP contribution in [0.2, 0.25) is 0 Å². The van der Waals surface area contributed by atoms with Crippen molar-refractivity contribution in [1.29, 1.82) is 5.26 Å². The van der Waals surface area contributed by atoms with Gasteiger partial charge in [0.1, 0.15) is 0 Å². The maximum Gasteiger partial charge on any atom is 0.0638 e. The van der Waals surface area contributed by atoms with E-state index in [-0.39, 0.29) is 6.61 Å². The highest BCUT2D eigenvalue weighted by atomic mass is 16.3. The second-order valence-electron chi connectivity index (χ2n) is 3.83. The number of aliphatic hydroxyl groups is 1. The van der Waals surface area contributed by atoms with Crippen LogP contribution in [0, 0.1) is 11.3 Å². The molecule has 0 aromatic carbocycles. The maximum absolute atomic E-state index is 8.79. The van der Waals surface area contributed by atoms with E-state index in [2.05, 4.69) is 31.7 Å². The Bertz CT molecular complexity index is 175. The summed E-state index contributed by atoms with van der Waals surface area (Å²) in [6.07, 6.45) is 2.37. The highest BCUT2D eigenvalue weighted by Crippen LogP contribution is 2.12. The van der Waals surface area contributed by atoms with Gasteiger partial charge in [-0.15, -0.1) is 0 Å². The number of hydrogen-bond donors (Lipinski definition) is 1. The summed E-state index contributed by atoms with van der Waals surface area (Å²) >= 11 is 0. The van der Waals surface area contributed by atoms with Gasteiger partial charge in [0.15, 0.2) is 0 Å². The van der Waals surface area contributed by atoms with Gasteiger partial charge >= 0.3 is 0 Å². The SMILES string of the molecule is CCC(CC#N)N(CCCO)C(C)C. The summed E-state index contributed by atoms with van der Waals surface area (Å²) in [4.78, 5) is 2.31. The third-order valence-electron chi connectivity index (χ3n) is 2.50. The molecule has 0 saturated heterocycles. The lowest BCUT2D eigenvalue weighted by atomic mass is 10.1. The fraction of sp³-hybridized carbons (Fsp3) is 0.909. The van der Waals surface area contributed by atoms with Crippen molar-refractivity contribution in [3.8, 4) is 6.07 Å². The molecule has 0 fully saturated rings. The summed E-state index contributed by atoms with van der Waals surface area (Å²) in [7, 11) is 0. The van der Waals surface area contributed by atoms with E-state index in [1.54, 1.807) is 0 Å². The van der Waals surface area contributed by atoms with Crippen LogP contribution in [-0.2, 0) is 0 Å². The van der Waals surface area contributed by atoms with Gasteiger partial charge in [0.2, 0.25) is 0 Å². The van der Waals surface area contributed by atoms with E-state index in [1.165, 1.54) is 0 Å². The van der Waals surface area contributed by atoms with Crippen molar-refractivity contribution in [2.75, 3.05) is 13.2 Å². The van der Waals surface area contributed by atoms with Gasteiger partial charge in [-0.2, -0.15) is 5.26 Å². The standard InChI is InChI=1S/C11H22N2O/c1-4-11(6-7-12)13(10(2)3)8-5-9-14/h10-11,14H,4-6,8-9H2,1-3H3. The third kappa shape index (κ3) is 4.59. The summed E-state index contributed by atoms with van der Waals surface area (Å²) in [6, 6.07) is 3.01. The summed E-state index contributed by atoms with van der Waals surface area (Å²) < 4.78 is 0. The zero-order valence-corrected chi connectivity index (χ0v) is 9.53. The van der Waals surface area contributed by atoms with Crippen molar-refractivity contribution in [1.82, 2.24) is 4.90 Å². The normalized spacial score (nSPS) is 13.2. The van der Waals surface area contributed by atoms with Gasteiger partial charge in [-0.1, -0.05) is 6.92 Å². The lowest BCUT2D eigenvalue weighted by Gasteiger charge is -2.33. The Morgan fingerprint density at radius 2 is 2.07 bits per heavy atom. The van der Waals surface area contributed by atoms with Gasteiger partial charge < -0.3 is 5.11 Å². The number of nitriles is 1. The summed E-state index contributed by atoms with van der Waals surface area (Å²) in [5.41, 5.74) is 0. The van der Waals surface area contributed by atoms with E-state index < -0.39 is 0 Å². The lowest BCUT2D eigenvalue weighted by molar-refractivity contribution is 0.135. The Kier molecular flexibility index (Phi) is 7.45. The maximum atomic E-state index is 8.79. The first-order valence-corrected chi connectivity index (χ1v) is 5.40. The van der Waals surface area contributed by atoms with Gasteiger partial charge in [-0.3, -0.25) is 4.90 Å². The fourth-order valence-corrected chi connectivity index (χ4v) is 1.72. The summed E-state index contributed by atoms with van der Waals surface area (Å²) in [5.74, 6) is 0. The van der Waals surface area contributed by atoms with Crippen LogP contribution in [0.1, 0.15) is 40.0 Å². The number of aliphatic hydroxyl groups excluding tert-OH is 1. The predicted molar refractivity (Wildman–Crippen MR) is 57.9 cm³/mol. The first-order valence-electron chi connectivity index (χ1n) is 5.40. The predicted octanol–water partition coefficient (Wildman–Crippen LogP) is 1.77. The molecule has 0 bridgehead atoms. The molecule has 0 aliphatic carbocycles. The van der Waals surface area contributed by atoms with Gasteiger partial charge in [0.05, 0.1) is 12.5 Å². The zero-order valence-electron chi connectivity index (χ0n) is 9.53. The first-order chi connectivity index (χ1) is 6.67. The van der Waals surface area contributed by atoms with Gasteiger partial charge in [-0.25, -0.2) is 0 Å². The monoisotopic (exact) mass is 198 g/mol. The van der Waals surface area contributed by atoms with Crippen molar-refractivity contribution in [3.05, 3.63) is 0 Å². The minimum Gasteiger partial charge on any atom is -0.396 e. The minimum absolute atomic E-state index is 0.228. The number of rotatable bonds is 7. The molecule has 0 radical (unpaired) electrons. The Labute approximate surface area is 87.3 Å². The highest BCUT2D eigenvalue weighted by Gasteiger charge is 2.18. The van der Waals surface area contributed by atoms with Crippen LogP contribution < -0.4 is 0 Å². The van der Waals surface area contributed by atoms with Crippen molar-refractivity contribution >= 4 is 0 Å². The molecular formula is C11H22N2O. The van der Waals surface area contributed by atoms with Gasteiger partial charge in [-0.05, 0) is 26.7 Å². The second-order valence-corrected chi connectivity index (χ2v) is 3.83. The van der Waals surface area contributed by atoms with Crippen LogP contribution in [0.4, 0.5) is 0 Å². The quantitative estimate of drug-likeness (QED) is 0.678. The average Bonchev–Trinajstić information content (AvgIpc) is 2.16. The molecule has 1 unspecified atom stereocenters. The van der Waals surface area contributed by atoms with E-state index in [0.29, 0.717) is 18.5 Å². The molecule has 0 saturated carbocycles. The number of nitrogens with zero attached hydrogens (tertiary/aromatic N) is 2. The van der Waals surface area contributed by atoms with Crippen LogP contribution in [0.5, 0.6) is 0 Å². The smallest absolute Gasteiger partial charge is 0.0638 e. The molecule has 3 nitrogen and oxygen atoms in total. The number of hydrogen-bond acceptors (Lipinski definition) is 3. The summed E-state index contributed by atoms with van der Waals surface area (Å²) in [6.45, 7) is 7.49. The average molecular weight is 198 g/mol. The van der Waals surface area contributed by atoms with Crippen LogP contribution in [-0.4, -0.2) is 35.2 Å². The molecular weight excluding hydrogens is 176 g/mol. The van der Waals surface area contributed by atoms with E-state index in [9.17, 15) is 0 Å². The van der Waals surface area contributed by atoms with Crippen LogP contribution in [0.3, 0.4) is 0 Å². The molecule has 0 aromatic heterocycles. The van der Waals surface area contributed by atoms with E-state index in [0.717, 1.165) is 19.4 Å². The molecule has 0 heterocycles. The Morgan fingerprint density at radius 1 is 1.43 bits per heavy atom. The van der Waals surface area contributed by atoms with Gasteiger partial charge in [0.25, 0.3) is 0 Å². The Morgan fingerprint density at radius 3 is 2.43 bits per heavy atom.